The van der Waals surface area contributed by atoms with E-state index in [4.69, 9.17) is 0 Å². The van der Waals surface area contributed by atoms with Crippen LogP contribution in [-0.2, 0) is 6.54 Å². The van der Waals surface area contributed by atoms with Crippen molar-refractivity contribution in [2.75, 3.05) is 12.3 Å². The molecule has 0 saturated carbocycles. The minimum atomic E-state index is -4.13. The maximum Gasteiger partial charge on any atom is 0.441 e. The molecule has 1 atom stereocenters. The van der Waals surface area contributed by atoms with Crippen LogP contribution >= 0.6 is 11.8 Å². The van der Waals surface area contributed by atoms with Gasteiger partial charge in [0.25, 0.3) is 0 Å². The first kappa shape index (κ1) is 13.4. The Hall–Kier alpha value is -0.690. The first-order chi connectivity index (χ1) is 7.47. The highest BCUT2D eigenvalue weighted by Crippen LogP contribution is 2.29. The monoisotopic (exact) mass is 253 g/mol. The van der Waals surface area contributed by atoms with E-state index in [2.05, 4.69) is 10.4 Å². The van der Waals surface area contributed by atoms with Crippen LogP contribution in [0.3, 0.4) is 0 Å². The van der Waals surface area contributed by atoms with Crippen molar-refractivity contribution in [3.63, 3.8) is 0 Å². The van der Waals surface area contributed by atoms with Gasteiger partial charge in [-0.1, -0.05) is 0 Å². The molecule has 92 valence electrons. The second kappa shape index (κ2) is 6.15. The average Bonchev–Trinajstić information content (AvgIpc) is 2.63. The van der Waals surface area contributed by atoms with Crippen molar-refractivity contribution in [2.45, 2.75) is 25.0 Å². The highest BCUT2D eigenvalue weighted by Gasteiger charge is 2.27. The molecule has 1 N–H and O–H groups in total. The summed E-state index contributed by atoms with van der Waals surface area (Å²) in [5, 5.41) is 7.03. The fourth-order valence-corrected chi connectivity index (χ4v) is 1.68. The third kappa shape index (κ3) is 6.02. The van der Waals surface area contributed by atoms with E-state index in [-0.39, 0.29) is 23.6 Å². The van der Waals surface area contributed by atoms with Crippen molar-refractivity contribution in [3.8, 4) is 0 Å². The molecule has 0 spiro atoms. The molecule has 0 amide bonds. The lowest BCUT2D eigenvalue weighted by Gasteiger charge is -2.14. The van der Waals surface area contributed by atoms with Gasteiger partial charge >= 0.3 is 5.51 Å². The number of halogens is 3. The van der Waals surface area contributed by atoms with Crippen LogP contribution in [-0.4, -0.2) is 33.6 Å². The summed E-state index contributed by atoms with van der Waals surface area (Å²) < 4.78 is 37.2. The molecule has 1 aromatic heterocycles. The van der Waals surface area contributed by atoms with E-state index < -0.39 is 5.51 Å². The van der Waals surface area contributed by atoms with Crippen LogP contribution in [0.1, 0.15) is 6.92 Å². The summed E-state index contributed by atoms with van der Waals surface area (Å²) in [5.74, 6) is 0.0347. The zero-order chi connectivity index (χ0) is 12.0. The lowest BCUT2D eigenvalue weighted by molar-refractivity contribution is -0.0327. The van der Waals surface area contributed by atoms with E-state index in [9.17, 15) is 13.2 Å². The summed E-state index contributed by atoms with van der Waals surface area (Å²) >= 11 is -0.00141. The van der Waals surface area contributed by atoms with Gasteiger partial charge < -0.3 is 5.32 Å². The van der Waals surface area contributed by atoms with Crippen LogP contribution in [0.4, 0.5) is 13.2 Å². The van der Waals surface area contributed by atoms with Gasteiger partial charge in [-0.2, -0.15) is 18.3 Å². The van der Waals surface area contributed by atoms with Gasteiger partial charge in [0.2, 0.25) is 0 Å². The normalized spacial score (nSPS) is 14.0. The molecule has 0 bridgehead atoms. The second-order valence-electron chi connectivity index (χ2n) is 3.38. The summed E-state index contributed by atoms with van der Waals surface area (Å²) in [6.07, 6.45) is 3.49. The lowest BCUT2D eigenvalue weighted by atomic mass is 10.3. The van der Waals surface area contributed by atoms with Gasteiger partial charge in [0.1, 0.15) is 0 Å². The molecule has 0 aliphatic rings. The number of alkyl halides is 3. The number of nitrogens with one attached hydrogen (secondary N) is 1. The zero-order valence-corrected chi connectivity index (χ0v) is 9.68. The van der Waals surface area contributed by atoms with Gasteiger partial charge in [-0.25, -0.2) is 0 Å². The molecule has 0 aromatic carbocycles. The molecule has 3 nitrogen and oxygen atoms in total. The Morgan fingerprint density at radius 2 is 2.25 bits per heavy atom. The van der Waals surface area contributed by atoms with Gasteiger partial charge in [0.05, 0.1) is 6.54 Å². The highest BCUT2D eigenvalue weighted by atomic mass is 32.2. The molecule has 7 heteroatoms. The van der Waals surface area contributed by atoms with Crippen LogP contribution in [0.2, 0.25) is 0 Å². The highest BCUT2D eigenvalue weighted by molar-refractivity contribution is 8.00. The molecule has 0 aliphatic carbocycles. The third-order valence-corrected chi connectivity index (χ3v) is 2.62. The van der Waals surface area contributed by atoms with Crippen LogP contribution in [0.5, 0.6) is 0 Å². The summed E-state index contributed by atoms with van der Waals surface area (Å²) in [5.41, 5.74) is -4.13. The molecule has 1 aromatic rings. The van der Waals surface area contributed by atoms with Crippen LogP contribution in [0.25, 0.3) is 0 Å². The number of thioether (sulfide) groups is 1. The molecule has 1 rings (SSSR count). The molecule has 16 heavy (non-hydrogen) atoms. The maximum atomic E-state index is 11.8. The zero-order valence-electron chi connectivity index (χ0n) is 8.87. The second-order valence-corrected chi connectivity index (χ2v) is 4.54. The number of hydrogen-bond acceptors (Lipinski definition) is 3. The molecule has 0 saturated heterocycles. The third-order valence-electron chi connectivity index (χ3n) is 1.88. The average molecular weight is 253 g/mol. The Labute approximate surface area is 96.4 Å². The Balaban J connectivity index is 2.09. The number of nitrogens with zero attached hydrogens (tertiary/aromatic N) is 2. The van der Waals surface area contributed by atoms with E-state index in [0.29, 0.717) is 13.1 Å². The van der Waals surface area contributed by atoms with Crippen LogP contribution in [0, 0.1) is 0 Å². The van der Waals surface area contributed by atoms with Gasteiger partial charge in [-0.15, -0.1) is 0 Å². The predicted molar refractivity (Wildman–Crippen MR) is 58.2 cm³/mol. The SMILES string of the molecule is CC(Cn1cccn1)NCCSC(F)(F)F. The standard InChI is InChI=1S/C9H14F3N3S/c1-8(7-15-5-2-3-14-15)13-4-6-16-9(10,11)12/h2-3,5,8,13H,4,6-7H2,1H3. The summed E-state index contributed by atoms with van der Waals surface area (Å²) in [4.78, 5) is 0. The Morgan fingerprint density at radius 3 is 2.81 bits per heavy atom. The van der Waals surface area contributed by atoms with Crippen molar-refractivity contribution in [3.05, 3.63) is 18.5 Å². The van der Waals surface area contributed by atoms with Gasteiger partial charge in [0.15, 0.2) is 0 Å². The number of hydrogen-bond donors (Lipinski definition) is 1. The summed E-state index contributed by atoms with van der Waals surface area (Å²) in [7, 11) is 0. The lowest BCUT2D eigenvalue weighted by Crippen LogP contribution is -2.32. The van der Waals surface area contributed by atoms with E-state index in [1.54, 1.807) is 10.9 Å². The molecule has 1 unspecified atom stereocenters. The summed E-state index contributed by atoms with van der Waals surface area (Å²) in [6, 6.07) is 1.92. The fraction of sp³-hybridized carbons (Fsp3) is 0.667. The van der Waals surface area contributed by atoms with E-state index in [1.165, 1.54) is 0 Å². The Kier molecular flexibility index (Phi) is 5.14. The van der Waals surface area contributed by atoms with E-state index >= 15 is 0 Å². The minimum Gasteiger partial charge on any atom is -0.312 e. The van der Waals surface area contributed by atoms with E-state index in [0.717, 1.165) is 0 Å². The van der Waals surface area contributed by atoms with Gasteiger partial charge in [-0.05, 0) is 24.8 Å². The van der Waals surface area contributed by atoms with Gasteiger partial charge in [-0.3, -0.25) is 4.68 Å². The predicted octanol–water partition coefficient (Wildman–Crippen LogP) is 2.11. The van der Waals surface area contributed by atoms with Crippen molar-refractivity contribution in [2.24, 2.45) is 0 Å². The maximum absolute atomic E-state index is 11.8. The van der Waals surface area contributed by atoms with Crippen molar-refractivity contribution < 1.29 is 13.2 Å². The molecule has 1 heterocycles. The quantitative estimate of drug-likeness (QED) is 0.787. The number of rotatable bonds is 6. The smallest absolute Gasteiger partial charge is 0.312 e. The van der Waals surface area contributed by atoms with Crippen molar-refractivity contribution in [1.82, 2.24) is 15.1 Å². The van der Waals surface area contributed by atoms with Gasteiger partial charge in [0, 0.05) is 30.7 Å². The van der Waals surface area contributed by atoms with Crippen molar-refractivity contribution in [1.29, 1.82) is 0 Å². The van der Waals surface area contributed by atoms with Crippen molar-refractivity contribution >= 4 is 11.8 Å². The molecule has 0 radical (unpaired) electrons. The topological polar surface area (TPSA) is 29.9 Å². The molecular weight excluding hydrogens is 239 g/mol. The first-order valence-corrected chi connectivity index (χ1v) is 5.87. The molecule has 0 fully saturated rings. The minimum absolute atomic E-state index is 0.00141. The fourth-order valence-electron chi connectivity index (χ4n) is 1.23. The van der Waals surface area contributed by atoms with Crippen LogP contribution < -0.4 is 5.32 Å². The molecular formula is C9H14F3N3S. The molecule has 0 aliphatic heterocycles. The summed E-state index contributed by atoms with van der Waals surface area (Å²) in [6.45, 7) is 2.91. The Morgan fingerprint density at radius 1 is 1.50 bits per heavy atom. The largest absolute Gasteiger partial charge is 0.441 e. The van der Waals surface area contributed by atoms with Crippen LogP contribution in [0.15, 0.2) is 18.5 Å². The Bertz CT molecular complexity index is 287. The first-order valence-electron chi connectivity index (χ1n) is 4.89. The van der Waals surface area contributed by atoms with E-state index in [1.807, 2.05) is 19.2 Å². The number of aromatic nitrogens is 2.